The summed E-state index contributed by atoms with van der Waals surface area (Å²) in [5, 5.41) is 12.5. The number of phenolic OH excluding ortho intramolecular Hbond substituents is 1. The average Bonchev–Trinajstić information content (AvgIpc) is 2.75. The summed E-state index contributed by atoms with van der Waals surface area (Å²) in [5.41, 5.74) is 3.11. The van der Waals surface area contributed by atoms with Gasteiger partial charge in [-0.25, -0.2) is 0 Å². The number of hydrogen-bond acceptors (Lipinski definition) is 1. The maximum absolute atomic E-state index is 10.2. The van der Waals surface area contributed by atoms with E-state index in [0.29, 0.717) is 12.2 Å². The molecule has 0 saturated carbocycles. The van der Waals surface area contributed by atoms with E-state index in [1.165, 1.54) is 5.39 Å². The highest BCUT2D eigenvalue weighted by Gasteiger charge is 2.12. The van der Waals surface area contributed by atoms with Crippen molar-refractivity contribution in [1.29, 1.82) is 0 Å². The third-order valence-corrected chi connectivity index (χ3v) is 3.65. The zero-order chi connectivity index (χ0) is 14.1. The van der Waals surface area contributed by atoms with Crippen molar-refractivity contribution in [2.45, 2.75) is 13.0 Å². The standard InChI is InChI=1S/C18H17NO/c1-3-7-13-11-15-14-8-5-6-9-16(14)19(10-4-2)17(15)12-18(13)20/h3-6,8-9,11-12,20H,1-2,7,10H2. The molecule has 0 bridgehead atoms. The largest absolute Gasteiger partial charge is 0.508 e. The van der Waals surface area contributed by atoms with Gasteiger partial charge in [-0.15, -0.1) is 13.2 Å². The topological polar surface area (TPSA) is 25.2 Å². The van der Waals surface area contributed by atoms with E-state index in [1.54, 1.807) is 0 Å². The summed E-state index contributed by atoms with van der Waals surface area (Å²) in [6.07, 6.45) is 4.35. The molecule has 1 aromatic heterocycles. The first-order chi connectivity index (χ1) is 9.76. The van der Waals surface area contributed by atoms with Crippen LogP contribution >= 0.6 is 0 Å². The summed E-state index contributed by atoms with van der Waals surface area (Å²) in [4.78, 5) is 0. The maximum atomic E-state index is 10.2. The van der Waals surface area contributed by atoms with E-state index in [1.807, 2.05) is 30.4 Å². The Hall–Kier alpha value is -2.48. The summed E-state index contributed by atoms with van der Waals surface area (Å²) in [6, 6.07) is 12.2. The molecule has 0 fully saturated rings. The van der Waals surface area contributed by atoms with Gasteiger partial charge >= 0.3 is 0 Å². The van der Waals surface area contributed by atoms with Gasteiger partial charge in [0.25, 0.3) is 0 Å². The zero-order valence-electron chi connectivity index (χ0n) is 11.3. The van der Waals surface area contributed by atoms with Crippen LogP contribution in [0.3, 0.4) is 0 Å². The lowest BCUT2D eigenvalue weighted by atomic mass is 10.1. The molecule has 100 valence electrons. The van der Waals surface area contributed by atoms with Crippen molar-refractivity contribution in [3.8, 4) is 5.75 Å². The number of hydrogen-bond donors (Lipinski definition) is 1. The van der Waals surface area contributed by atoms with E-state index in [0.717, 1.165) is 28.5 Å². The number of allylic oxidation sites excluding steroid dienone is 2. The van der Waals surface area contributed by atoms with Gasteiger partial charge in [-0.3, -0.25) is 0 Å². The van der Waals surface area contributed by atoms with Gasteiger partial charge in [-0.1, -0.05) is 30.4 Å². The Balaban J connectivity index is 2.42. The van der Waals surface area contributed by atoms with Crippen molar-refractivity contribution in [2.75, 3.05) is 0 Å². The maximum Gasteiger partial charge on any atom is 0.121 e. The first-order valence-electron chi connectivity index (χ1n) is 6.71. The van der Waals surface area contributed by atoms with Crippen molar-refractivity contribution in [2.24, 2.45) is 0 Å². The number of aromatic hydroxyl groups is 1. The molecule has 20 heavy (non-hydrogen) atoms. The normalized spacial score (nSPS) is 11.0. The summed E-state index contributed by atoms with van der Waals surface area (Å²) in [6.45, 7) is 8.29. The summed E-state index contributed by atoms with van der Waals surface area (Å²) >= 11 is 0. The lowest BCUT2D eigenvalue weighted by molar-refractivity contribution is 0.470. The Kier molecular flexibility index (Phi) is 3.07. The van der Waals surface area contributed by atoms with Crippen LogP contribution in [0.1, 0.15) is 5.56 Å². The highest BCUT2D eigenvalue weighted by atomic mass is 16.3. The van der Waals surface area contributed by atoms with E-state index in [4.69, 9.17) is 0 Å². The number of benzene rings is 2. The van der Waals surface area contributed by atoms with Crippen LogP contribution in [-0.4, -0.2) is 9.67 Å². The van der Waals surface area contributed by atoms with Crippen LogP contribution in [0.25, 0.3) is 21.8 Å². The second-order valence-electron chi connectivity index (χ2n) is 4.91. The molecule has 0 aliphatic rings. The van der Waals surface area contributed by atoms with E-state index in [9.17, 15) is 5.11 Å². The Morgan fingerprint density at radius 1 is 1.00 bits per heavy atom. The highest BCUT2D eigenvalue weighted by Crippen LogP contribution is 2.33. The minimum atomic E-state index is 0.325. The molecule has 3 rings (SSSR count). The van der Waals surface area contributed by atoms with Gasteiger partial charge in [-0.2, -0.15) is 0 Å². The molecular formula is C18H17NO. The smallest absolute Gasteiger partial charge is 0.121 e. The fourth-order valence-corrected chi connectivity index (χ4v) is 2.77. The number of rotatable bonds is 4. The SMILES string of the molecule is C=CCc1cc2c3ccccc3n(CC=C)c2cc1O. The molecule has 0 radical (unpaired) electrons. The summed E-state index contributed by atoms with van der Waals surface area (Å²) in [5.74, 6) is 0.325. The molecule has 0 spiro atoms. The van der Waals surface area contributed by atoms with Crippen molar-refractivity contribution in [1.82, 2.24) is 4.57 Å². The minimum absolute atomic E-state index is 0.325. The Bertz CT molecular complexity index is 811. The van der Waals surface area contributed by atoms with Gasteiger partial charge in [-0.05, 0) is 24.1 Å². The molecule has 0 amide bonds. The molecule has 0 aliphatic carbocycles. The van der Waals surface area contributed by atoms with E-state index in [-0.39, 0.29) is 0 Å². The van der Waals surface area contributed by atoms with Crippen LogP contribution in [0.5, 0.6) is 5.75 Å². The van der Waals surface area contributed by atoms with Crippen LogP contribution in [0, 0.1) is 0 Å². The number of fused-ring (bicyclic) bond motifs is 3. The van der Waals surface area contributed by atoms with Crippen LogP contribution in [0.15, 0.2) is 61.7 Å². The lowest BCUT2D eigenvalue weighted by Gasteiger charge is -2.06. The van der Waals surface area contributed by atoms with Gasteiger partial charge in [0.2, 0.25) is 0 Å². The van der Waals surface area contributed by atoms with E-state index >= 15 is 0 Å². The van der Waals surface area contributed by atoms with Gasteiger partial charge in [0.1, 0.15) is 5.75 Å². The van der Waals surface area contributed by atoms with E-state index < -0.39 is 0 Å². The molecule has 1 heterocycles. The molecule has 0 atom stereocenters. The molecular weight excluding hydrogens is 246 g/mol. The quantitative estimate of drug-likeness (QED) is 0.693. The molecule has 0 unspecified atom stereocenters. The predicted octanol–water partition coefficient (Wildman–Crippen LogP) is 4.41. The first kappa shape index (κ1) is 12.5. The number of aromatic nitrogens is 1. The van der Waals surface area contributed by atoms with Crippen LogP contribution in [0.4, 0.5) is 0 Å². The highest BCUT2D eigenvalue weighted by molar-refractivity contribution is 6.08. The van der Waals surface area contributed by atoms with Crippen LogP contribution < -0.4 is 0 Å². The Morgan fingerprint density at radius 3 is 2.55 bits per heavy atom. The third kappa shape index (κ3) is 1.81. The Morgan fingerprint density at radius 2 is 1.80 bits per heavy atom. The molecule has 2 nitrogen and oxygen atoms in total. The summed E-state index contributed by atoms with van der Waals surface area (Å²) < 4.78 is 2.18. The second kappa shape index (κ2) is 4.89. The average molecular weight is 263 g/mol. The van der Waals surface area contributed by atoms with Crippen LogP contribution in [0.2, 0.25) is 0 Å². The predicted molar refractivity (Wildman–Crippen MR) is 85.2 cm³/mol. The van der Waals surface area contributed by atoms with Crippen molar-refractivity contribution in [3.05, 3.63) is 67.3 Å². The van der Waals surface area contributed by atoms with Gasteiger partial charge < -0.3 is 9.67 Å². The first-order valence-corrected chi connectivity index (χ1v) is 6.71. The molecule has 2 heteroatoms. The van der Waals surface area contributed by atoms with Crippen molar-refractivity contribution in [3.63, 3.8) is 0 Å². The fourth-order valence-electron chi connectivity index (χ4n) is 2.77. The molecule has 0 saturated heterocycles. The number of nitrogens with zero attached hydrogens (tertiary/aromatic N) is 1. The van der Waals surface area contributed by atoms with Gasteiger partial charge in [0, 0.05) is 28.9 Å². The molecule has 0 aliphatic heterocycles. The third-order valence-electron chi connectivity index (χ3n) is 3.65. The van der Waals surface area contributed by atoms with E-state index in [2.05, 4.69) is 35.9 Å². The van der Waals surface area contributed by atoms with Crippen molar-refractivity contribution >= 4 is 21.8 Å². The summed E-state index contributed by atoms with van der Waals surface area (Å²) in [7, 11) is 0. The van der Waals surface area contributed by atoms with Gasteiger partial charge in [0.05, 0.1) is 5.52 Å². The lowest BCUT2D eigenvalue weighted by Crippen LogP contribution is -1.94. The van der Waals surface area contributed by atoms with Crippen molar-refractivity contribution < 1.29 is 5.11 Å². The monoisotopic (exact) mass is 263 g/mol. The molecule has 2 aromatic carbocycles. The second-order valence-corrected chi connectivity index (χ2v) is 4.91. The minimum Gasteiger partial charge on any atom is -0.508 e. The molecule has 1 N–H and O–H groups in total. The Labute approximate surface area is 118 Å². The number of para-hydroxylation sites is 1. The fraction of sp³-hybridized carbons (Fsp3) is 0.111. The zero-order valence-corrected chi connectivity index (χ0v) is 11.3. The number of phenols is 1. The van der Waals surface area contributed by atoms with Gasteiger partial charge in [0.15, 0.2) is 0 Å². The van der Waals surface area contributed by atoms with Crippen LogP contribution in [-0.2, 0) is 13.0 Å². The molecule has 3 aromatic rings.